The van der Waals surface area contributed by atoms with Gasteiger partial charge in [0.2, 0.25) is 0 Å². The minimum absolute atomic E-state index is 0.781. The largest absolute Gasteiger partial charge is 0.276 e. The molecule has 19 heavy (non-hydrogen) atoms. The SMILES string of the molecule is Cc1nnc(Nn2c(C)ccc2C)c2ccccc12. The lowest BCUT2D eigenvalue weighted by Gasteiger charge is -2.13. The molecule has 96 valence electrons. The van der Waals surface area contributed by atoms with E-state index in [1.807, 2.05) is 23.7 Å². The van der Waals surface area contributed by atoms with Gasteiger partial charge in [0.25, 0.3) is 0 Å². The number of anilines is 1. The summed E-state index contributed by atoms with van der Waals surface area (Å²) in [5, 5.41) is 10.7. The van der Waals surface area contributed by atoms with Crippen molar-refractivity contribution in [1.29, 1.82) is 0 Å². The summed E-state index contributed by atoms with van der Waals surface area (Å²) in [6.45, 7) is 6.10. The highest BCUT2D eigenvalue weighted by atomic mass is 15.4. The average molecular weight is 252 g/mol. The fraction of sp³-hybridized carbons (Fsp3) is 0.200. The highest BCUT2D eigenvalue weighted by molar-refractivity contribution is 5.92. The number of nitrogens with zero attached hydrogens (tertiary/aromatic N) is 3. The predicted molar refractivity (Wildman–Crippen MR) is 77.2 cm³/mol. The Balaban J connectivity index is 2.14. The monoisotopic (exact) mass is 252 g/mol. The Morgan fingerprint density at radius 3 is 2.16 bits per heavy atom. The second kappa shape index (κ2) is 4.39. The Labute approximate surface area is 112 Å². The lowest BCUT2D eigenvalue weighted by atomic mass is 10.1. The molecular formula is C15H16N4. The molecule has 0 unspecified atom stereocenters. The molecule has 3 rings (SSSR count). The maximum absolute atomic E-state index is 4.28. The number of hydrogen-bond acceptors (Lipinski definition) is 3. The summed E-state index contributed by atoms with van der Waals surface area (Å²) < 4.78 is 2.02. The van der Waals surface area contributed by atoms with Crippen LogP contribution in [0, 0.1) is 20.8 Å². The molecule has 0 radical (unpaired) electrons. The number of nitrogens with one attached hydrogen (secondary N) is 1. The van der Waals surface area contributed by atoms with Gasteiger partial charge in [0, 0.05) is 22.2 Å². The van der Waals surface area contributed by atoms with Gasteiger partial charge in [-0.3, -0.25) is 10.1 Å². The first kappa shape index (κ1) is 11.7. The van der Waals surface area contributed by atoms with Crippen LogP contribution in [-0.2, 0) is 0 Å². The molecule has 0 saturated carbocycles. The molecule has 0 spiro atoms. The van der Waals surface area contributed by atoms with Gasteiger partial charge in [0.15, 0.2) is 5.82 Å². The van der Waals surface area contributed by atoms with Gasteiger partial charge >= 0.3 is 0 Å². The van der Waals surface area contributed by atoms with Crippen molar-refractivity contribution in [2.24, 2.45) is 0 Å². The second-order valence-corrected chi connectivity index (χ2v) is 4.74. The molecule has 0 aliphatic carbocycles. The summed E-state index contributed by atoms with van der Waals surface area (Å²) in [5.41, 5.74) is 6.57. The van der Waals surface area contributed by atoms with Crippen molar-refractivity contribution in [1.82, 2.24) is 14.9 Å². The highest BCUT2D eigenvalue weighted by Crippen LogP contribution is 2.23. The van der Waals surface area contributed by atoms with Gasteiger partial charge in [-0.15, -0.1) is 5.10 Å². The Morgan fingerprint density at radius 2 is 1.47 bits per heavy atom. The first-order chi connectivity index (χ1) is 9.16. The Bertz CT molecular complexity index is 723. The zero-order valence-electron chi connectivity index (χ0n) is 11.3. The van der Waals surface area contributed by atoms with Gasteiger partial charge in [-0.05, 0) is 32.9 Å². The zero-order valence-corrected chi connectivity index (χ0v) is 11.3. The molecule has 0 aliphatic rings. The molecular weight excluding hydrogens is 236 g/mol. The summed E-state index contributed by atoms with van der Waals surface area (Å²) in [6, 6.07) is 12.3. The molecule has 2 aromatic heterocycles. The fourth-order valence-electron chi connectivity index (χ4n) is 2.27. The van der Waals surface area contributed by atoms with Crippen LogP contribution in [0.3, 0.4) is 0 Å². The molecule has 0 saturated heterocycles. The van der Waals surface area contributed by atoms with Gasteiger partial charge in [-0.2, -0.15) is 5.10 Å². The van der Waals surface area contributed by atoms with E-state index in [1.165, 1.54) is 0 Å². The van der Waals surface area contributed by atoms with E-state index in [4.69, 9.17) is 0 Å². The van der Waals surface area contributed by atoms with Crippen molar-refractivity contribution >= 4 is 16.6 Å². The topological polar surface area (TPSA) is 42.7 Å². The van der Waals surface area contributed by atoms with Crippen LogP contribution in [0.1, 0.15) is 17.1 Å². The molecule has 0 bridgehead atoms. The number of aromatic nitrogens is 3. The summed E-state index contributed by atoms with van der Waals surface area (Å²) in [7, 11) is 0. The fourth-order valence-corrected chi connectivity index (χ4v) is 2.27. The van der Waals surface area contributed by atoms with Crippen LogP contribution in [0.15, 0.2) is 36.4 Å². The van der Waals surface area contributed by atoms with Gasteiger partial charge in [-0.1, -0.05) is 24.3 Å². The van der Waals surface area contributed by atoms with E-state index in [0.717, 1.165) is 33.7 Å². The number of fused-ring (bicyclic) bond motifs is 1. The van der Waals surface area contributed by atoms with Gasteiger partial charge < -0.3 is 0 Å². The zero-order chi connectivity index (χ0) is 13.4. The highest BCUT2D eigenvalue weighted by Gasteiger charge is 2.08. The van der Waals surface area contributed by atoms with Gasteiger partial charge in [0.1, 0.15) is 0 Å². The molecule has 4 heteroatoms. The first-order valence-corrected chi connectivity index (χ1v) is 6.31. The van der Waals surface area contributed by atoms with Crippen LogP contribution in [0.4, 0.5) is 5.82 Å². The third-order valence-electron chi connectivity index (χ3n) is 3.36. The molecule has 0 fully saturated rings. The van der Waals surface area contributed by atoms with E-state index in [0.29, 0.717) is 0 Å². The van der Waals surface area contributed by atoms with Crippen LogP contribution in [0.5, 0.6) is 0 Å². The number of rotatable bonds is 2. The summed E-state index contributed by atoms with van der Waals surface area (Å²) in [6.07, 6.45) is 0. The van der Waals surface area contributed by atoms with Gasteiger partial charge in [0.05, 0.1) is 5.69 Å². The average Bonchev–Trinajstić information content (AvgIpc) is 2.74. The van der Waals surface area contributed by atoms with E-state index < -0.39 is 0 Å². The molecule has 1 N–H and O–H groups in total. The molecule has 0 amide bonds. The van der Waals surface area contributed by atoms with Crippen molar-refractivity contribution in [2.75, 3.05) is 5.43 Å². The molecule has 3 aromatic rings. The number of benzene rings is 1. The third-order valence-corrected chi connectivity index (χ3v) is 3.36. The normalized spacial score (nSPS) is 10.9. The van der Waals surface area contributed by atoms with Crippen molar-refractivity contribution < 1.29 is 0 Å². The lowest BCUT2D eigenvalue weighted by molar-refractivity contribution is 0.858. The Kier molecular flexibility index (Phi) is 2.71. The van der Waals surface area contributed by atoms with E-state index in [1.54, 1.807) is 0 Å². The summed E-state index contributed by atoms with van der Waals surface area (Å²) in [4.78, 5) is 0. The maximum atomic E-state index is 4.28. The smallest absolute Gasteiger partial charge is 0.175 e. The first-order valence-electron chi connectivity index (χ1n) is 6.31. The Morgan fingerprint density at radius 1 is 0.842 bits per heavy atom. The third kappa shape index (κ3) is 1.95. The summed E-state index contributed by atoms with van der Waals surface area (Å²) in [5.74, 6) is 0.781. The molecule has 0 atom stereocenters. The van der Waals surface area contributed by atoms with Crippen LogP contribution in [0.2, 0.25) is 0 Å². The molecule has 0 aliphatic heterocycles. The van der Waals surface area contributed by atoms with Crippen LogP contribution in [-0.4, -0.2) is 14.9 Å². The van der Waals surface area contributed by atoms with Crippen molar-refractivity contribution in [3.63, 3.8) is 0 Å². The van der Waals surface area contributed by atoms with Crippen LogP contribution >= 0.6 is 0 Å². The van der Waals surface area contributed by atoms with E-state index >= 15 is 0 Å². The molecule has 1 aromatic carbocycles. The predicted octanol–water partition coefficient (Wildman–Crippen LogP) is 3.23. The molecule has 4 nitrogen and oxygen atoms in total. The number of aryl methyl sites for hydroxylation is 3. The lowest BCUT2D eigenvalue weighted by Crippen LogP contribution is -2.14. The minimum Gasteiger partial charge on any atom is -0.276 e. The standard InChI is InChI=1S/C15H16N4/c1-10-8-9-11(2)19(10)18-15-14-7-5-4-6-13(14)12(3)16-17-15/h4-9H,1-3H3,(H,17,18). The van der Waals surface area contributed by atoms with Crippen molar-refractivity contribution in [2.45, 2.75) is 20.8 Å². The van der Waals surface area contributed by atoms with Crippen molar-refractivity contribution in [3.05, 3.63) is 53.5 Å². The maximum Gasteiger partial charge on any atom is 0.175 e. The quantitative estimate of drug-likeness (QED) is 0.761. The van der Waals surface area contributed by atoms with Gasteiger partial charge in [-0.25, -0.2) is 0 Å². The van der Waals surface area contributed by atoms with Crippen LogP contribution < -0.4 is 5.43 Å². The van der Waals surface area contributed by atoms with Crippen LogP contribution in [0.25, 0.3) is 10.8 Å². The van der Waals surface area contributed by atoms with E-state index in [2.05, 4.69) is 53.7 Å². The summed E-state index contributed by atoms with van der Waals surface area (Å²) >= 11 is 0. The second-order valence-electron chi connectivity index (χ2n) is 4.74. The number of hydrogen-bond donors (Lipinski definition) is 1. The van der Waals surface area contributed by atoms with E-state index in [9.17, 15) is 0 Å². The van der Waals surface area contributed by atoms with E-state index in [-0.39, 0.29) is 0 Å². The minimum atomic E-state index is 0.781. The molecule has 2 heterocycles. The van der Waals surface area contributed by atoms with Crippen molar-refractivity contribution in [3.8, 4) is 0 Å². The Hall–Kier alpha value is -2.36.